The van der Waals surface area contributed by atoms with E-state index in [4.69, 9.17) is 5.73 Å². The molecule has 0 fully saturated rings. The molecule has 0 spiro atoms. The monoisotopic (exact) mass is 359 g/mol. The molecule has 5 nitrogen and oxygen atoms in total. The molecule has 0 saturated heterocycles. The van der Waals surface area contributed by atoms with Crippen molar-refractivity contribution < 1.29 is 8.78 Å². The standard InChI is InChI=1S/C17H15F2N5S/c1-10-2-4-11(5-3-10)21-17-23-15(22-16(20)24-17)9-25-12-6-7-13(18)14(19)8-12/h2-8H,9H2,1H3,(H3,20,21,22,23,24). The van der Waals surface area contributed by atoms with Crippen molar-refractivity contribution >= 4 is 29.3 Å². The summed E-state index contributed by atoms with van der Waals surface area (Å²) in [5, 5.41) is 3.07. The molecule has 3 rings (SSSR count). The Morgan fingerprint density at radius 2 is 1.76 bits per heavy atom. The lowest BCUT2D eigenvalue weighted by atomic mass is 10.2. The highest BCUT2D eigenvalue weighted by atomic mass is 32.2. The van der Waals surface area contributed by atoms with Crippen molar-refractivity contribution in [2.45, 2.75) is 17.6 Å². The average Bonchev–Trinajstić information content (AvgIpc) is 2.58. The summed E-state index contributed by atoms with van der Waals surface area (Å²) >= 11 is 1.28. The summed E-state index contributed by atoms with van der Waals surface area (Å²) in [4.78, 5) is 13.0. The van der Waals surface area contributed by atoms with Gasteiger partial charge in [-0.05, 0) is 37.3 Å². The molecule has 25 heavy (non-hydrogen) atoms. The molecule has 0 amide bonds. The number of nitrogen functional groups attached to an aromatic ring is 1. The Balaban J connectivity index is 1.72. The second-order valence-electron chi connectivity index (χ2n) is 5.29. The number of halogens is 2. The van der Waals surface area contributed by atoms with Crippen LogP contribution in [0.4, 0.5) is 26.4 Å². The molecule has 128 valence electrons. The van der Waals surface area contributed by atoms with Gasteiger partial charge in [-0.25, -0.2) is 8.78 Å². The summed E-state index contributed by atoms with van der Waals surface area (Å²) in [6.07, 6.45) is 0. The first-order valence-corrected chi connectivity index (χ1v) is 8.40. The van der Waals surface area contributed by atoms with Gasteiger partial charge in [-0.3, -0.25) is 0 Å². The van der Waals surface area contributed by atoms with Gasteiger partial charge in [0.2, 0.25) is 11.9 Å². The highest BCUT2D eigenvalue weighted by molar-refractivity contribution is 7.98. The van der Waals surface area contributed by atoms with Gasteiger partial charge in [-0.2, -0.15) is 15.0 Å². The minimum Gasteiger partial charge on any atom is -0.368 e. The van der Waals surface area contributed by atoms with Crippen LogP contribution in [0.1, 0.15) is 11.4 Å². The van der Waals surface area contributed by atoms with Crippen molar-refractivity contribution in [3.63, 3.8) is 0 Å². The maximum atomic E-state index is 13.2. The Bertz CT molecular complexity index is 887. The first-order chi connectivity index (χ1) is 12.0. The van der Waals surface area contributed by atoms with Crippen LogP contribution in [0.25, 0.3) is 0 Å². The van der Waals surface area contributed by atoms with E-state index >= 15 is 0 Å². The van der Waals surface area contributed by atoms with E-state index < -0.39 is 11.6 Å². The van der Waals surface area contributed by atoms with Gasteiger partial charge in [-0.15, -0.1) is 11.8 Å². The van der Waals surface area contributed by atoms with Gasteiger partial charge < -0.3 is 11.1 Å². The van der Waals surface area contributed by atoms with Crippen molar-refractivity contribution in [3.8, 4) is 0 Å². The highest BCUT2D eigenvalue weighted by Crippen LogP contribution is 2.24. The van der Waals surface area contributed by atoms with Crippen LogP contribution in [-0.2, 0) is 5.75 Å². The third-order valence-corrected chi connectivity index (χ3v) is 4.26. The summed E-state index contributed by atoms with van der Waals surface area (Å²) in [5.41, 5.74) is 7.70. The second-order valence-corrected chi connectivity index (χ2v) is 6.34. The number of hydrogen-bond donors (Lipinski definition) is 2. The number of aromatic nitrogens is 3. The second kappa shape index (κ2) is 7.43. The van der Waals surface area contributed by atoms with Crippen LogP contribution in [-0.4, -0.2) is 15.0 Å². The van der Waals surface area contributed by atoms with Gasteiger partial charge in [-0.1, -0.05) is 17.7 Å². The largest absolute Gasteiger partial charge is 0.368 e. The molecule has 0 aliphatic rings. The maximum Gasteiger partial charge on any atom is 0.232 e. The topological polar surface area (TPSA) is 76.7 Å². The van der Waals surface area contributed by atoms with Crippen LogP contribution in [0.2, 0.25) is 0 Å². The van der Waals surface area contributed by atoms with E-state index in [-0.39, 0.29) is 5.95 Å². The zero-order valence-electron chi connectivity index (χ0n) is 13.3. The Kier molecular flexibility index (Phi) is 5.08. The number of anilines is 3. The number of benzene rings is 2. The van der Waals surface area contributed by atoms with Crippen molar-refractivity contribution in [2.75, 3.05) is 11.1 Å². The lowest BCUT2D eigenvalue weighted by Crippen LogP contribution is -2.06. The Morgan fingerprint density at radius 3 is 2.48 bits per heavy atom. The summed E-state index contributed by atoms with van der Waals surface area (Å²) in [6.45, 7) is 2.00. The maximum absolute atomic E-state index is 13.2. The predicted octanol–water partition coefficient (Wildman–Crippen LogP) is 4.08. The van der Waals surface area contributed by atoms with Crippen LogP contribution in [0, 0.1) is 18.6 Å². The molecule has 0 atom stereocenters. The highest BCUT2D eigenvalue weighted by Gasteiger charge is 2.08. The van der Waals surface area contributed by atoms with Crippen LogP contribution >= 0.6 is 11.8 Å². The lowest BCUT2D eigenvalue weighted by Gasteiger charge is -2.08. The molecule has 0 unspecified atom stereocenters. The minimum absolute atomic E-state index is 0.0884. The molecule has 3 N–H and O–H groups in total. The van der Waals surface area contributed by atoms with E-state index in [1.165, 1.54) is 17.8 Å². The number of nitrogens with one attached hydrogen (secondary N) is 1. The fourth-order valence-corrected chi connectivity index (χ4v) is 2.81. The van der Waals surface area contributed by atoms with Crippen LogP contribution in [0.15, 0.2) is 47.4 Å². The van der Waals surface area contributed by atoms with Crippen molar-refractivity contribution in [3.05, 3.63) is 65.5 Å². The number of nitrogens with two attached hydrogens (primary N) is 1. The van der Waals surface area contributed by atoms with E-state index in [1.54, 1.807) is 0 Å². The average molecular weight is 359 g/mol. The zero-order valence-corrected chi connectivity index (χ0v) is 14.1. The quantitative estimate of drug-likeness (QED) is 0.669. The fourth-order valence-electron chi connectivity index (χ4n) is 2.04. The number of hydrogen-bond acceptors (Lipinski definition) is 6. The van der Waals surface area contributed by atoms with Crippen molar-refractivity contribution in [1.82, 2.24) is 15.0 Å². The smallest absolute Gasteiger partial charge is 0.232 e. The normalized spacial score (nSPS) is 10.7. The number of aryl methyl sites for hydroxylation is 1. The SMILES string of the molecule is Cc1ccc(Nc2nc(N)nc(CSc3ccc(F)c(F)c3)n2)cc1. The zero-order chi connectivity index (χ0) is 17.8. The van der Waals surface area contributed by atoms with E-state index in [1.807, 2.05) is 31.2 Å². The Hall–Kier alpha value is -2.74. The Labute approximate surface area is 147 Å². The lowest BCUT2D eigenvalue weighted by molar-refractivity contribution is 0.506. The Morgan fingerprint density at radius 1 is 1.00 bits per heavy atom. The molecule has 0 aliphatic heterocycles. The van der Waals surface area contributed by atoms with E-state index in [0.717, 1.165) is 23.4 Å². The minimum atomic E-state index is -0.887. The molecule has 8 heteroatoms. The van der Waals surface area contributed by atoms with Gasteiger partial charge in [0.15, 0.2) is 11.6 Å². The number of nitrogens with zero attached hydrogens (tertiary/aromatic N) is 3. The molecular formula is C17H15F2N5S. The molecule has 1 aromatic heterocycles. The third-order valence-electron chi connectivity index (χ3n) is 3.27. The molecule has 0 aliphatic carbocycles. The molecule has 0 radical (unpaired) electrons. The molecule has 3 aromatic rings. The van der Waals surface area contributed by atoms with Crippen LogP contribution in [0.5, 0.6) is 0 Å². The molecule has 1 heterocycles. The molecule has 0 saturated carbocycles. The van der Waals surface area contributed by atoms with E-state index in [0.29, 0.717) is 22.4 Å². The van der Waals surface area contributed by atoms with Crippen LogP contribution in [0.3, 0.4) is 0 Å². The first kappa shape index (κ1) is 17.1. The van der Waals surface area contributed by atoms with Gasteiger partial charge in [0, 0.05) is 10.6 Å². The van der Waals surface area contributed by atoms with Gasteiger partial charge in [0.25, 0.3) is 0 Å². The summed E-state index contributed by atoms with van der Waals surface area (Å²) in [6, 6.07) is 11.5. The van der Waals surface area contributed by atoms with Crippen LogP contribution < -0.4 is 11.1 Å². The van der Waals surface area contributed by atoms with Crippen molar-refractivity contribution in [1.29, 1.82) is 0 Å². The fraction of sp³-hybridized carbons (Fsp3) is 0.118. The third kappa shape index (κ3) is 4.63. The molecule has 2 aromatic carbocycles. The predicted molar refractivity (Wildman–Crippen MR) is 94.6 cm³/mol. The summed E-state index contributed by atoms with van der Waals surface area (Å²) in [7, 11) is 0. The van der Waals surface area contributed by atoms with Gasteiger partial charge in [0.1, 0.15) is 5.82 Å². The van der Waals surface area contributed by atoms with Gasteiger partial charge >= 0.3 is 0 Å². The number of thioether (sulfide) groups is 1. The summed E-state index contributed by atoms with van der Waals surface area (Å²) in [5.74, 6) is -0.555. The molecular weight excluding hydrogens is 344 g/mol. The first-order valence-electron chi connectivity index (χ1n) is 7.41. The number of rotatable bonds is 5. The van der Waals surface area contributed by atoms with Gasteiger partial charge in [0.05, 0.1) is 5.75 Å². The van der Waals surface area contributed by atoms with E-state index in [2.05, 4.69) is 20.3 Å². The molecule has 0 bridgehead atoms. The summed E-state index contributed by atoms with van der Waals surface area (Å²) < 4.78 is 26.2. The van der Waals surface area contributed by atoms with E-state index in [9.17, 15) is 8.78 Å². The van der Waals surface area contributed by atoms with Crippen molar-refractivity contribution in [2.24, 2.45) is 0 Å².